The van der Waals surface area contributed by atoms with E-state index in [0.717, 1.165) is 0 Å². The molecule has 14 heavy (non-hydrogen) atoms. The molecule has 0 fully saturated rings. The number of ether oxygens (including phenoxy) is 1. The quantitative estimate of drug-likeness (QED) is 0.652. The van der Waals surface area contributed by atoms with E-state index in [1.165, 1.54) is 6.92 Å². The van der Waals surface area contributed by atoms with Gasteiger partial charge in [-0.15, -0.1) is 0 Å². The van der Waals surface area contributed by atoms with Gasteiger partial charge in [0.25, 0.3) is 10.1 Å². The minimum Gasteiger partial charge on any atom is -0.360 e. The highest BCUT2D eigenvalue weighted by molar-refractivity contribution is 7.85. The molecule has 0 aliphatic carbocycles. The van der Waals surface area contributed by atoms with Gasteiger partial charge >= 0.3 is 0 Å². The lowest BCUT2D eigenvalue weighted by Crippen LogP contribution is -2.18. The average Bonchev–Trinajstić information content (AvgIpc) is 2.02. The summed E-state index contributed by atoms with van der Waals surface area (Å²) in [6.45, 7) is 3.30. The molecule has 0 bridgehead atoms. The van der Waals surface area contributed by atoms with Crippen LogP contribution in [0.1, 0.15) is 33.1 Å². The molecule has 0 heterocycles. The van der Waals surface area contributed by atoms with Crippen molar-refractivity contribution in [1.82, 2.24) is 0 Å². The van der Waals surface area contributed by atoms with Crippen molar-refractivity contribution in [2.45, 2.75) is 39.2 Å². The maximum absolute atomic E-state index is 10.6. The molecule has 84 valence electrons. The molecular weight excluding hydrogens is 208 g/mol. The van der Waals surface area contributed by atoms with Crippen LogP contribution in [0.15, 0.2) is 0 Å². The number of carbonyl (C=O) groups excluding carboxylic acids is 1. The fraction of sp³-hybridized carbons (Fsp3) is 0.875. The monoisotopic (exact) mass is 224 g/mol. The van der Waals surface area contributed by atoms with Gasteiger partial charge in [0.15, 0.2) is 5.94 Å². The summed E-state index contributed by atoms with van der Waals surface area (Å²) < 4.78 is 34.0. The maximum Gasteiger partial charge on any atom is 0.289 e. The van der Waals surface area contributed by atoms with Crippen molar-refractivity contribution >= 4 is 15.9 Å². The maximum atomic E-state index is 10.6. The smallest absolute Gasteiger partial charge is 0.289 e. The minimum absolute atomic E-state index is 0.0407. The Morgan fingerprint density at radius 3 is 2.43 bits per heavy atom. The van der Waals surface area contributed by atoms with Crippen molar-refractivity contribution in [3.8, 4) is 0 Å². The highest BCUT2D eigenvalue weighted by atomic mass is 32.2. The van der Waals surface area contributed by atoms with Crippen LogP contribution >= 0.6 is 0 Å². The molecule has 0 saturated heterocycles. The summed E-state index contributed by atoms with van der Waals surface area (Å²) in [6.07, 6.45) is 1.18. The van der Waals surface area contributed by atoms with E-state index in [1.807, 2.05) is 6.92 Å². The van der Waals surface area contributed by atoms with E-state index in [4.69, 9.17) is 9.29 Å². The summed E-state index contributed by atoms with van der Waals surface area (Å²) in [6, 6.07) is 0. The lowest BCUT2D eigenvalue weighted by Gasteiger charge is -2.13. The normalized spacial score (nSPS) is 13.9. The summed E-state index contributed by atoms with van der Waals surface area (Å²) in [5.74, 6) is -0.664. The third kappa shape index (κ3) is 8.15. The van der Waals surface area contributed by atoms with Crippen LogP contribution in [-0.2, 0) is 19.6 Å². The highest BCUT2D eigenvalue weighted by Gasteiger charge is 2.12. The molecule has 0 spiro atoms. The highest BCUT2D eigenvalue weighted by Crippen LogP contribution is 2.07. The summed E-state index contributed by atoms with van der Waals surface area (Å²) >= 11 is 0. The molecule has 0 aromatic carbocycles. The SMILES string of the molecule is CCC(CCC(C)=O)OCS(=O)(=O)O. The summed E-state index contributed by atoms with van der Waals surface area (Å²) in [5.41, 5.74) is 0. The summed E-state index contributed by atoms with van der Waals surface area (Å²) in [7, 11) is -4.07. The van der Waals surface area contributed by atoms with Crippen molar-refractivity contribution in [2.75, 3.05) is 5.94 Å². The predicted octanol–water partition coefficient (Wildman–Crippen LogP) is 0.996. The van der Waals surface area contributed by atoms with Gasteiger partial charge in [-0.3, -0.25) is 4.55 Å². The Labute approximate surface area is 84.2 Å². The van der Waals surface area contributed by atoms with Gasteiger partial charge in [-0.05, 0) is 19.8 Å². The molecule has 6 heteroatoms. The Balaban J connectivity index is 3.86. The van der Waals surface area contributed by atoms with Gasteiger partial charge in [0.05, 0.1) is 6.10 Å². The van der Waals surface area contributed by atoms with Gasteiger partial charge in [0.2, 0.25) is 0 Å². The zero-order valence-corrected chi connectivity index (χ0v) is 9.21. The van der Waals surface area contributed by atoms with Gasteiger partial charge in [-0.25, -0.2) is 0 Å². The van der Waals surface area contributed by atoms with Crippen molar-refractivity contribution in [3.63, 3.8) is 0 Å². The van der Waals surface area contributed by atoms with Gasteiger partial charge < -0.3 is 9.53 Å². The number of carbonyl (C=O) groups is 1. The van der Waals surface area contributed by atoms with Gasteiger partial charge in [-0.1, -0.05) is 6.92 Å². The van der Waals surface area contributed by atoms with Crippen LogP contribution in [0.2, 0.25) is 0 Å². The lowest BCUT2D eigenvalue weighted by molar-refractivity contribution is -0.117. The Bertz CT molecular complexity index is 269. The minimum atomic E-state index is -4.07. The second-order valence-corrected chi connectivity index (χ2v) is 4.54. The second-order valence-electron chi connectivity index (χ2n) is 3.14. The van der Waals surface area contributed by atoms with Crippen molar-refractivity contribution in [1.29, 1.82) is 0 Å². The van der Waals surface area contributed by atoms with E-state index in [0.29, 0.717) is 19.3 Å². The molecule has 0 saturated carbocycles. The van der Waals surface area contributed by atoms with Crippen LogP contribution in [-0.4, -0.2) is 30.8 Å². The molecule has 0 radical (unpaired) electrons. The lowest BCUT2D eigenvalue weighted by atomic mass is 10.1. The fourth-order valence-corrected chi connectivity index (χ4v) is 1.32. The number of hydrogen-bond donors (Lipinski definition) is 1. The number of ketones is 1. The first-order chi connectivity index (χ1) is 6.35. The molecule has 0 aliphatic heterocycles. The van der Waals surface area contributed by atoms with E-state index < -0.39 is 16.1 Å². The molecule has 0 rings (SSSR count). The van der Waals surface area contributed by atoms with Crippen molar-refractivity contribution in [3.05, 3.63) is 0 Å². The average molecular weight is 224 g/mol. The molecule has 1 atom stereocenters. The van der Waals surface area contributed by atoms with Gasteiger partial charge in [-0.2, -0.15) is 8.42 Å². The summed E-state index contributed by atoms with van der Waals surface area (Å²) in [4.78, 5) is 10.6. The number of rotatable bonds is 7. The van der Waals surface area contributed by atoms with E-state index >= 15 is 0 Å². The first-order valence-electron chi connectivity index (χ1n) is 4.41. The van der Waals surface area contributed by atoms with Crippen molar-refractivity contribution < 1.29 is 22.5 Å². The van der Waals surface area contributed by atoms with Gasteiger partial charge in [0.1, 0.15) is 5.78 Å². The van der Waals surface area contributed by atoms with Crippen molar-refractivity contribution in [2.24, 2.45) is 0 Å². The van der Waals surface area contributed by atoms with Crippen LogP contribution in [0.5, 0.6) is 0 Å². The first kappa shape index (κ1) is 13.5. The number of hydrogen-bond acceptors (Lipinski definition) is 4. The predicted molar refractivity (Wildman–Crippen MR) is 51.5 cm³/mol. The Morgan fingerprint density at radius 2 is 2.07 bits per heavy atom. The van der Waals surface area contributed by atoms with E-state index in [9.17, 15) is 13.2 Å². The molecule has 0 aromatic heterocycles. The van der Waals surface area contributed by atoms with E-state index in [-0.39, 0.29) is 11.9 Å². The van der Waals surface area contributed by atoms with Crippen LogP contribution in [0, 0.1) is 0 Å². The van der Waals surface area contributed by atoms with E-state index in [2.05, 4.69) is 0 Å². The van der Waals surface area contributed by atoms with E-state index in [1.54, 1.807) is 0 Å². The molecule has 0 aromatic rings. The molecule has 1 N–H and O–H groups in total. The van der Waals surface area contributed by atoms with Crippen LogP contribution < -0.4 is 0 Å². The van der Waals surface area contributed by atoms with Crippen LogP contribution in [0.25, 0.3) is 0 Å². The topological polar surface area (TPSA) is 80.7 Å². The second kappa shape index (κ2) is 6.10. The van der Waals surface area contributed by atoms with Gasteiger partial charge in [0, 0.05) is 6.42 Å². The first-order valence-corrected chi connectivity index (χ1v) is 6.02. The van der Waals surface area contributed by atoms with Crippen LogP contribution in [0.3, 0.4) is 0 Å². The van der Waals surface area contributed by atoms with Crippen LogP contribution in [0.4, 0.5) is 0 Å². The zero-order valence-electron chi connectivity index (χ0n) is 8.39. The molecule has 5 nitrogen and oxygen atoms in total. The molecule has 0 amide bonds. The number of Topliss-reactive ketones (excluding diaryl/α,β-unsaturated/α-hetero) is 1. The Morgan fingerprint density at radius 1 is 1.50 bits per heavy atom. The molecule has 1 unspecified atom stereocenters. The fourth-order valence-electron chi connectivity index (χ4n) is 0.952. The molecule has 0 aliphatic rings. The molecular formula is C8H16O5S. The third-order valence-corrected chi connectivity index (χ3v) is 2.16. The standard InChI is InChI=1S/C8H16O5S/c1-3-8(5-4-7(2)9)13-6-14(10,11)12/h8H,3-6H2,1-2H3,(H,10,11,12). The third-order valence-electron chi connectivity index (χ3n) is 1.73. The Hall–Kier alpha value is -0.460. The largest absolute Gasteiger partial charge is 0.360 e. The Kier molecular flexibility index (Phi) is 5.90. The zero-order chi connectivity index (χ0) is 11.2. The summed E-state index contributed by atoms with van der Waals surface area (Å²) in [5, 5.41) is 0.